The zero-order valence-electron chi connectivity index (χ0n) is 37.9. The molecule has 0 aromatic carbocycles. The van der Waals surface area contributed by atoms with E-state index < -0.39 is 18.1 Å². The molecule has 0 aliphatic carbocycles. The van der Waals surface area contributed by atoms with E-state index >= 15 is 0 Å². The highest BCUT2D eigenvalue weighted by atomic mass is 16.6. The molecule has 0 saturated heterocycles. The summed E-state index contributed by atoms with van der Waals surface area (Å²) in [5.41, 5.74) is 0. The van der Waals surface area contributed by atoms with E-state index in [0.29, 0.717) is 19.3 Å². The predicted molar refractivity (Wildman–Crippen MR) is 247 cm³/mol. The third-order valence-electron chi connectivity index (χ3n) is 9.66. The second-order valence-corrected chi connectivity index (χ2v) is 16.1. The van der Waals surface area contributed by atoms with Crippen LogP contribution < -0.4 is 0 Å². The molecule has 0 aromatic rings. The number of likely N-dealkylation sites (N-methyl/N-ethyl adjacent to an activating group) is 1. The minimum atomic E-state index is -0.889. The summed E-state index contributed by atoms with van der Waals surface area (Å²) < 4.78 is 17.2. The quantitative estimate of drug-likeness (QED) is 0.0217. The molecule has 0 aromatic heterocycles. The van der Waals surface area contributed by atoms with Crippen molar-refractivity contribution >= 4 is 17.9 Å². The van der Waals surface area contributed by atoms with Crippen molar-refractivity contribution in [2.24, 2.45) is 0 Å². The summed E-state index contributed by atoms with van der Waals surface area (Å²) in [6.45, 7) is 4.51. The molecule has 8 heteroatoms. The molecule has 0 heterocycles. The number of ether oxygens (including phenoxy) is 3. The molecule has 0 rings (SSSR count). The normalized spacial score (nSPS) is 13.8. The Morgan fingerprint density at radius 1 is 0.525 bits per heavy atom. The summed E-state index contributed by atoms with van der Waals surface area (Å²) in [6, 6.07) is -0.631. The van der Waals surface area contributed by atoms with Crippen LogP contribution in [0.1, 0.15) is 155 Å². The number of nitrogens with zero attached hydrogens (tertiary/aromatic N) is 1. The van der Waals surface area contributed by atoms with Crippen LogP contribution in [0.5, 0.6) is 0 Å². The second kappa shape index (κ2) is 41.0. The maximum absolute atomic E-state index is 12.7. The summed E-state index contributed by atoms with van der Waals surface area (Å²) in [5.74, 6) is -1.55. The molecule has 0 spiro atoms. The van der Waals surface area contributed by atoms with Gasteiger partial charge in [-0.05, 0) is 57.8 Å². The highest BCUT2D eigenvalue weighted by Crippen LogP contribution is 2.13. The number of esters is 2. The monoisotopic (exact) mass is 823 g/mol. The lowest BCUT2D eigenvalue weighted by molar-refractivity contribution is -0.887. The predicted octanol–water partition coefficient (Wildman–Crippen LogP) is 12.7. The Hall–Kier alpha value is -3.75. The highest BCUT2D eigenvalue weighted by Gasteiger charge is 2.31. The number of carbonyl (C=O) groups excluding carboxylic acids is 2. The molecule has 334 valence electrons. The van der Waals surface area contributed by atoms with Crippen LogP contribution in [0, 0.1) is 0 Å². The lowest BCUT2D eigenvalue weighted by Gasteiger charge is -2.31. The average Bonchev–Trinajstić information content (AvgIpc) is 3.19. The van der Waals surface area contributed by atoms with E-state index in [1.807, 2.05) is 94.1 Å². The Labute approximate surface area is 360 Å². The van der Waals surface area contributed by atoms with Crippen molar-refractivity contribution in [1.29, 1.82) is 0 Å². The van der Waals surface area contributed by atoms with Crippen molar-refractivity contribution in [1.82, 2.24) is 0 Å². The molecule has 0 bridgehead atoms. The molecule has 0 radical (unpaired) electrons. The third kappa shape index (κ3) is 39.5. The first-order chi connectivity index (χ1) is 28.6. The van der Waals surface area contributed by atoms with Crippen molar-refractivity contribution in [3.8, 4) is 0 Å². The SMILES string of the molecule is CC/C=C/C=C/C=C/C=C/C=C/C=C/C=C/CCCCCC(=O)OC(COCCC(C(=O)O)[N+](C)(C)C)COC(=O)CCCCCCC/C=C/CCCCCCCCC. The van der Waals surface area contributed by atoms with Crippen LogP contribution in [0.25, 0.3) is 0 Å². The fourth-order valence-corrected chi connectivity index (χ4v) is 6.13. The van der Waals surface area contributed by atoms with E-state index in [0.717, 1.165) is 57.8 Å². The highest BCUT2D eigenvalue weighted by molar-refractivity contribution is 5.72. The van der Waals surface area contributed by atoms with Crippen LogP contribution in [0.3, 0.4) is 0 Å². The number of carbonyl (C=O) groups is 3. The molecular formula is C51H84NO7+. The first-order valence-electron chi connectivity index (χ1n) is 22.9. The molecule has 0 saturated carbocycles. The van der Waals surface area contributed by atoms with Gasteiger partial charge < -0.3 is 23.8 Å². The molecule has 2 unspecified atom stereocenters. The lowest BCUT2D eigenvalue weighted by Crippen LogP contribution is -2.50. The molecular weight excluding hydrogens is 739 g/mol. The zero-order valence-corrected chi connectivity index (χ0v) is 37.9. The summed E-state index contributed by atoms with van der Waals surface area (Å²) in [4.78, 5) is 37.0. The minimum Gasteiger partial charge on any atom is -0.477 e. The Balaban J connectivity index is 4.48. The third-order valence-corrected chi connectivity index (χ3v) is 9.66. The van der Waals surface area contributed by atoms with Crippen molar-refractivity contribution in [2.45, 2.75) is 167 Å². The fourth-order valence-electron chi connectivity index (χ4n) is 6.13. The number of aliphatic carboxylic acids is 1. The van der Waals surface area contributed by atoms with Gasteiger partial charge in [0.05, 0.1) is 34.4 Å². The lowest BCUT2D eigenvalue weighted by atomic mass is 10.1. The van der Waals surface area contributed by atoms with Crippen LogP contribution in [0.2, 0.25) is 0 Å². The Kier molecular flexibility index (Phi) is 38.4. The first-order valence-corrected chi connectivity index (χ1v) is 22.9. The maximum atomic E-state index is 12.7. The maximum Gasteiger partial charge on any atom is 0.362 e. The molecule has 1 N–H and O–H groups in total. The topological polar surface area (TPSA) is 99.1 Å². The van der Waals surface area contributed by atoms with Gasteiger partial charge in [0.25, 0.3) is 0 Å². The van der Waals surface area contributed by atoms with Gasteiger partial charge in [-0.1, -0.05) is 175 Å². The number of unbranched alkanes of at least 4 members (excludes halogenated alkanes) is 15. The molecule has 0 aliphatic heterocycles. The number of carboxylic acids is 1. The van der Waals surface area contributed by atoms with Gasteiger partial charge in [0.1, 0.15) is 6.61 Å². The number of hydrogen-bond donors (Lipinski definition) is 1. The average molecular weight is 823 g/mol. The van der Waals surface area contributed by atoms with Crippen LogP contribution in [-0.2, 0) is 28.6 Å². The van der Waals surface area contributed by atoms with Crippen LogP contribution in [-0.4, -0.2) is 80.6 Å². The molecule has 0 fully saturated rings. The van der Waals surface area contributed by atoms with Gasteiger partial charge >= 0.3 is 17.9 Å². The van der Waals surface area contributed by atoms with Crippen LogP contribution >= 0.6 is 0 Å². The molecule has 2 atom stereocenters. The summed E-state index contributed by atoms with van der Waals surface area (Å²) in [7, 11) is 5.50. The largest absolute Gasteiger partial charge is 0.477 e. The van der Waals surface area contributed by atoms with Gasteiger partial charge in [-0.25, -0.2) is 4.79 Å². The number of quaternary nitrogens is 1. The van der Waals surface area contributed by atoms with E-state index in [1.54, 1.807) is 0 Å². The summed E-state index contributed by atoms with van der Waals surface area (Å²) in [5, 5.41) is 9.63. The number of rotatable bonds is 39. The summed E-state index contributed by atoms with van der Waals surface area (Å²) in [6.07, 6.45) is 54.5. The van der Waals surface area contributed by atoms with Gasteiger partial charge in [-0.3, -0.25) is 9.59 Å². The van der Waals surface area contributed by atoms with Crippen LogP contribution in [0.4, 0.5) is 0 Å². The van der Waals surface area contributed by atoms with Gasteiger partial charge in [0.2, 0.25) is 0 Å². The molecule has 8 nitrogen and oxygen atoms in total. The van der Waals surface area contributed by atoms with E-state index in [4.69, 9.17) is 14.2 Å². The van der Waals surface area contributed by atoms with Gasteiger partial charge in [-0.15, -0.1) is 0 Å². The van der Waals surface area contributed by atoms with E-state index in [2.05, 4.69) is 38.2 Å². The second-order valence-electron chi connectivity index (χ2n) is 16.1. The smallest absolute Gasteiger partial charge is 0.362 e. The standard InChI is InChI=1S/C51H83NO7/c1-6-8-10-12-14-16-18-20-22-24-25-26-28-30-32-34-36-38-40-42-50(54)59-47(45-57-44-43-48(51(55)56)52(3,4)5)46-58-49(53)41-39-37-35-33-31-29-27-23-21-19-17-15-13-11-9-7-2/h8,10,12,14,16,18,20,22-28,30,32,47-48H,6-7,9,11,13,15,17,19,21,29,31,33-46H2,1-5H3/p+1/b10-8+,14-12+,18-16+,22-20+,25-24+,27-23+,28-26+,32-30+. The Bertz CT molecular complexity index is 1280. The Morgan fingerprint density at radius 3 is 1.47 bits per heavy atom. The molecule has 0 aliphatic rings. The van der Waals surface area contributed by atoms with Crippen LogP contribution in [0.15, 0.2) is 97.2 Å². The van der Waals surface area contributed by atoms with Gasteiger partial charge in [0.15, 0.2) is 12.1 Å². The van der Waals surface area contributed by atoms with Crippen molar-refractivity contribution in [3.05, 3.63) is 97.2 Å². The van der Waals surface area contributed by atoms with E-state index in [1.165, 1.54) is 57.8 Å². The molecule has 0 amide bonds. The number of hydrogen-bond acceptors (Lipinski definition) is 6. The fraction of sp³-hybridized carbons (Fsp3) is 0.627. The van der Waals surface area contributed by atoms with E-state index in [-0.39, 0.29) is 42.7 Å². The van der Waals surface area contributed by atoms with Crippen molar-refractivity contribution in [2.75, 3.05) is 41.0 Å². The van der Waals surface area contributed by atoms with Crippen molar-refractivity contribution < 1.29 is 38.2 Å². The Morgan fingerprint density at radius 2 is 0.966 bits per heavy atom. The molecule has 59 heavy (non-hydrogen) atoms. The van der Waals surface area contributed by atoms with E-state index in [9.17, 15) is 19.5 Å². The minimum absolute atomic E-state index is 0.0334. The van der Waals surface area contributed by atoms with Crippen molar-refractivity contribution in [3.63, 3.8) is 0 Å². The summed E-state index contributed by atoms with van der Waals surface area (Å²) >= 11 is 0. The zero-order chi connectivity index (χ0) is 43.5. The van der Waals surface area contributed by atoms with Gasteiger partial charge in [-0.2, -0.15) is 0 Å². The van der Waals surface area contributed by atoms with Gasteiger partial charge in [0, 0.05) is 19.3 Å². The number of carboxylic acid groups (broad SMARTS) is 1. The number of allylic oxidation sites excluding steroid dienone is 16. The first kappa shape index (κ1) is 55.2.